The van der Waals surface area contributed by atoms with Crippen LogP contribution in [0.3, 0.4) is 0 Å². The molecule has 0 radical (unpaired) electrons. The molecule has 41 heavy (non-hydrogen) atoms. The minimum atomic E-state index is -0.166. The molecule has 0 spiro atoms. The third kappa shape index (κ3) is 6.09. The number of benzene rings is 2. The van der Waals surface area contributed by atoms with Crippen LogP contribution in [0.25, 0.3) is 11.1 Å². The van der Waals surface area contributed by atoms with Gasteiger partial charge in [-0.2, -0.15) is 0 Å². The quantitative estimate of drug-likeness (QED) is 0.332. The van der Waals surface area contributed by atoms with Gasteiger partial charge in [-0.1, -0.05) is 51.1 Å². The SMILES string of the molecule is Cc1c(NC(=O)c2ccc(C(C)(C)C)cc2)cccc1-c1cc(N(c2ccccn2)N2CCOCC2)c(=O)n(C)c1. The number of carbonyl (C=O) groups is 1. The van der Waals surface area contributed by atoms with Gasteiger partial charge in [-0.25, -0.2) is 9.99 Å². The second-order valence-corrected chi connectivity index (χ2v) is 11.4. The topological polar surface area (TPSA) is 79.7 Å². The molecule has 0 bridgehead atoms. The molecule has 1 fully saturated rings. The summed E-state index contributed by atoms with van der Waals surface area (Å²) in [6.45, 7) is 10.9. The van der Waals surface area contributed by atoms with Gasteiger partial charge >= 0.3 is 0 Å². The third-order valence-electron chi connectivity index (χ3n) is 7.44. The van der Waals surface area contributed by atoms with Crippen LogP contribution in [0, 0.1) is 6.92 Å². The van der Waals surface area contributed by atoms with Crippen molar-refractivity contribution in [3.63, 3.8) is 0 Å². The number of morpholine rings is 1. The Labute approximate surface area is 241 Å². The van der Waals surface area contributed by atoms with Crippen LogP contribution in [0.4, 0.5) is 17.2 Å². The van der Waals surface area contributed by atoms with Crippen LogP contribution >= 0.6 is 0 Å². The molecule has 1 N–H and O–H groups in total. The number of hydrogen-bond donors (Lipinski definition) is 1. The fourth-order valence-electron chi connectivity index (χ4n) is 5.05. The second kappa shape index (κ2) is 11.7. The lowest BCUT2D eigenvalue weighted by Crippen LogP contribution is -2.48. The Kier molecular flexibility index (Phi) is 8.06. The third-order valence-corrected chi connectivity index (χ3v) is 7.44. The fraction of sp³-hybridized carbons (Fsp3) is 0.303. The van der Waals surface area contributed by atoms with E-state index in [9.17, 15) is 9.59 Å². The molecular weight excluding hydrogens is 514 g/mol. The number of amides is 1. The summed E-state index contributed by atoms with van der Waals surface area (Å²) in [7, 11) is 1.76. The second-order valence-electron chi connectivity index (χ2n) is 11.4. The number of rotatable bonds is 6. The Bertz CT molecular complexity index is 1580. The van der Waals surface area contributed by atoms with E-state index < -0.39 is 0 Å². The Hall–Kier alpha value is -4.27. The van der Waals surface area contributed by atoms with Crippen molar-refractivity contribution in [2.45, 2.75) is 33.1 Å². The van der Waals surface area contributed by atoms with E-state index in [1.54, 1.807) is 17.8 Å². The number of nitrogens with zero attached hydrogens (tertiary/aromatic N) is 4. The Morgan fingerprint density at radius 2 is 1.73 bits per heavy atom. The molecule has 5 rings (SSSR count). The Morgan fingerprint density at radius 3 is 2.39 bits per heavy atom. The van der Waals surface area contributed by atoms with Gasteiger partial charge in [-0.3, -0.25) is 14.6 Å². The molecule has 3 heterocycles. The van der Waals surface area contributed by atoms with E-state index in [4.69, 9.17) is 4.74 Å². The van der Waals surface area contributed by atoms with Gasteiger partial charge < -0.3 is 14.6 Å². The maximum absolute atomic E-state index is 13.5. The summed E-state index contributed by atoms with van der Waals surface area (Å²) in [6.07, 6.45) is 3.56. The van der Waals surface area contributed by atoms with Gasteiger partial charge in [0.1, 0.15) is 11.5 Å². The number of pyridine rings is 2. The van der Waals surface area contributed by atoms with Crippen LogP contribution in [0.1, 0.15) is 42.3 Å². The molecule has 0 aliphatic carbocycles. The van der Waals surface area contributed by atoms with Crippen molar-refractivity contribution in [1.29, 1.82) is 0 Å². The van der Waals surface area contributed by atoms with Gasteiger partial charge in [0.05, 0.1) is 13.2 Å². The van der Waals surface area contributed by atoms with Crippen molar-refractivity contribution in [3.8, 4) is 11.1 Å². The number of hydrogen-bond acceptors (Lipinski definition) is 6. The molecule has 1 saturated heterocycles. The zero-order valence-electron chi connectivity index (χ0n) is 24.3. The first-order chi connectivity index (χ1) is 19.6. The van der Waals surface area contributed by atoms with E-state index >= 15 is 0 Å². The molecule has 0 unspecified atom stereocenters. The normalized spacial score (nSPS) is 14.1. The highest BCUT2D eigenvalue weighted by molar-refractivity contribution is 6.05. The molecular formula is C33H37N5O3. The van der Waals surface area contributed by atoms with Crippen LogP contribution in [0.5, 0.6) is 0 Å². The van der Waals surface area contributed by atoms with Crippen LogP contribution < -0.4 is 15.9 Å². The van der Waals surface area contributed by atoms with E-state index in [2.05, 4.69) is 36.1 Å². The maximum atomic E-state index is 13.5. The summed E-state index contributed by atoms with van der Waals surface area (Å²) in [5.74, 6) is 0.499. The first-order valence-corrected chi connectivity index (χ1v) is 13.9. The van der Waals surface area contributed by atoms with E-state index in [1.165, 1.54) is 5.56 Å². The lowest BCUT2D eigenvalue weighted by atomic mass is 9.86. The average molecular weight is 552 g/mol. The van der Waals surface area contributed by atoms with Crippen LogP contribution in [-0.2, 0) is 17.2 Å². The number of aromatic nitrogens is 2. The molecule has 4 aromatic rings. The molecule has 8 nitrogen and oxygen atoms in total. The molecule has 2 aromatic heterocycles. The molecule has 0 saturated carbocycles. The van der Waals surface area contributed by atoms with Crippen molar-refractivity contribution in [1.82, 2.24) is 14.6 Å². The van der Waals surface area contributed by atoms with Crippen LogP contribution in [-0.4, -0.2) is 46.8 Å². The number of ether oxygens (including phenoxy) is 1. The summed E-state index contributed by atoms with van der Waals surface area (Å²) in [5.41, 5.74) is 5.57. The molecule has 212 valence electrons. The highest BCUT2D eigenvalue weighted by Crippen LogP contribution is 2.32. The molecule has 1 aliphatic heterocycles. The highest BCUT2D eigenvalue weighted by Gasteiger charge is 2.25. The lowest BCUT2D eigenvalue weighted by molar-refractivity contribution is 0.0374. The summed E-state index contributed by atoms with van der Waals surface area (Å²) in [4.78, 5) is 31.3. The summed E-state index contributed by atoms with van der Waals surface area (Å²) in [5, 5.41) is 7.08. The Morgan fingerprint density at radius 1 is 1.00 bits per heavy atom. The number of carbonyl (C=O) groups excluding carboxylic acids is 1. The van der Waals surface area contributed by atoms with Gasteiger partial charge in [0.15, 0.2) is 0 Å². The summed E-state index contributed by atoms with van der Waals surface area (Å²) < 4.78 is 7.17. The van der Waals surface area contributed by atoms with Gasteiger partial charge in [-0.05, 0) is 65.4 Å². The van der Waals surface area contributed by atoms with Crippen molar-refractivity contribution < 1.29 is 9.53 Å². The summed E-state index contributed by atoms with van der Waals surface area (Å²) in [6, 6.07) is 21.2. The predicted molar refractivity (Wildman–Crippen MR) is 164 cm³/mol. The lowest BCUT2D eigenvalue weighted by Gasteiger charge is -2.37. The van der Waals surface area contributed by atoms with Gasteiger partial charge in [0.2, 0.25) is 0 Å². The van der Waals surface area contributed by atoms with E-state index in [0.717, 1.165) is 22.4 Å². The van der Waals surface area contributed by atoms with Gasteiger partial charge in [0.25, 0.3) is 11.5 Å². The first-order valence-electron chi connectivity index (χ1n) is 13.9. The minimum Gasteiger partial charge on any atom is -0.379 e. The largest absolute Gasteiger partial charge is 0.379 e. The monoisotopic (exact) mass is 551 g/mol. The van der Waals surface area contributed by atoms with Crippen LogP contribution in [0.15, 0.2) is 83.9 Å². The molecule has 8 heteroatoms. The molecule has 2 aromatic carbocycles. The van der Waals surface area contributed by atoms with E-state index in [0.29, 0.717) is 43.4 Å². The zero-order valence-corrected chi connectivity index (χ0v) is 24.3. The Balaban J connectivity index is 1.50. The zero-order chi connectivity index (χ0) is 29.1. The molecule has 0 atom stereocenters. The fourth-order valence-corrected chi connectivity index (χ4v) is 5.05. The molecule has 1 aliphatic rings. The number of anilines is 3. The number of nitrogens with one attached hydrogen (secondary N) is 1. The smallest absolute Gasteiger partial charge is 0.275 e. The first kappa shape index (κ1) is 28.3. The van der Waals surface area contributed by atoms with Crippen molar-refractivity contribution in [2.24, 2.45) is 7.05 Å². The summed E-state index contributed by atoms with van der Waals surface area (Å²) >= 11 is 0. The van der Waals surface area contributed by atoms with Gasteiger partial charge in [0, 0.05) is 49.3 Å². The minimum absolute atomic E-state index is 0.0164. The number of aryl methyl sites for hydroxylation is 1. The maximum Gasteiger partial charge on any atom is 0.275 e. The number of hydrazine groups is 1. The molecule has 1 amide bonds. The van der Waals surface area contributed by atoms with Crippen LogP contribution in [0.2, 0.25) is 0 Å². The van der Waals surface area contributed by atoms with E-state index in [-0.39, 0.29) is 16.9 Å². The highest BCUT2D eigenvalue weighted by atomic mass is 16.5. The van der Waals surface area contributed by atoms with Gasteiger partial charge in [-0.15, -0.1) is 0 Å². The predicted octanol–water partition coefficient (Wildman–Crippen LogP) is 5.69. The van der Waals surface area contributed by atoms with E-state index in [1.807, 2.05) is 84.9 Å². The van der Waals surface area contributed by atoms with Crippen molar-refractivity contribution in [2.75, 3.05) is 36.6 Å². The average Bonchev–Trinajstić information content (AvgIpc) is 2.97. The van der Waals surface area contributed by atoms with Crippen molar-refractivity contribution in [3.05, 3.63) is 106 Å². The van der Waals surface area contributed by atoms with Crippen molar-refractivity contribution >= 4 is 23.1 Å². The standard InChI is InChI=1S/C33H37N5O3/c1-23-27(9-8-10-28(23)35-31(39)24-12-14-26(15-13-24)33(2,3)4)25-21-29(32(40)36(5)22-25)38(30-11-6-7-16-34-30)37-17-19-41-20-18-37/h6-16,21-22H,17-20H2,1-5H3,(H,35,39).